The van der Waals surface area contributed by atoms with Crippen molar-refractivity contribution in [2.24, 2.45) is 5.73 Å². The monoisotopic (exact) mass is 140 g/mol. The van der Waals surface area contributed by atoms with Crippen LogP contribution in [0.1, 0.15) is 25.7 Å². The van der Waals surface area contributed by atoms with Crippen molar-refractivity contribution in [3.05, 3.63) is 0 Å². The van der Waals surface area contributed by atoms with E-state index >= 15 is 0 Å². The summed E-state index contributed by atoms with van der Waals surface area (Å²) in [5, 5.41) is 0. The van der Waals surface area contributed by atoms with Crippen molar-refractivity contribution in [2.45, 2.75) is 37.8 Å². The second-order valence-corrected chi connectivity index (χ2v) is 3.63. The van der Waals surface area contributed by atoms with Crippen molar-refractivity contribution in [3.63, 3.8) is 0 Å². The molecule has 0 bridgehead atoms. The van der Waals surface area contributed by atoms with Crippen LogP contribution in [0, 0.1) is 0 Å². The SMILES string of the molecule is N[C@H]1CCN(C2CCC2)C1. The Morgan fingerprint density at radius 1 is 1.20 bits per heavy atom. The van der Waals surface area contributed by atoms with Crippen LogP contribution in [0.4, 0.5) is 0 Å². The number of likely N-dealkylation sites (tertiary alicyclic amines) is 1. The number of nitrogens with two attached hydrogens (primary N) is 1. The minimum Gasteiger partial charge on any atom is -0.326 e. The molecule has 0 unspecified atom stereocenters. The molecule has 1 saturated heterocycles. The standard InChI is InChI=1S/C8H16N2/c9-7-4-5-10(6-7)8-2-1-3-8/h7-8H,1-6,9H2/t7-/m0/s1. The van der Waals surface area contributed by atoms with Gasteiger partial charge in [0.1, 0.15) is 0 Å². The van der Waals surface area contributed by atoms with E-state index in [1.54, 1.807) is 0 Å². The molecule has 1 saturated carbocycles. The van der Waals surface area contributed by atoms with Gasteiger partial charge in [-0.2, -0.15) is 0 Å². The van der Waals surface area contributed by atoms with Crippen LogP contribution in [0.2, 0.25) is 0 Å². The van der Waals surface area contributed by atoms with E-state index in [4.69, 9.17) is 5.73 Å². The smallest absolute Gasteiger partial charge is 0.0180 e. The fourth-order valence-electron chi connectivity index (χ4n) is 1.90. The summed E-state index contributed by atoms with van der Waals surface area (Å²) >= 11 is 0. The molecule has 0 spiro atoms. The van der Waals surface area contributed by atoms with Gasteiger partial charge in [-0.25, -0.2) is 0 Å². The maximum atomic E-state index is 5.80. The van der Waals surface area contributed by atoms with Crippen LogP contribution in [0.5, 0.6) is 0 Å². The molecule has 1 aliphatic carbocycles. The molecule has 10 heavy (non-hydrogen) atoms. The fraction of sp³-hybridized carbons (Fsp3) is 1.00. The van der Waals surface area contributed by atoms with Crippen molar-refractivity contribution in [3.8, 4) is 0 Å². The molecule has 2 aliphatic rings. The Morgan fingerprint density at radius 2 is 2.00 bits per heavy atom. The molecule has 2 N–H and O–H groups in total. The number of rotatable bonds is 1. The number of hydrogen-bond donors (Lipinski definition) is 1. The molecule has 0 amide bonds. The Bertz CT molecular complexity index is 120. The van der Waals surface area contributed by atoms with Crippen molar-refractivity contribution >= 4 is 0 Å². The fourth-order valence-corrected chi connectivity index (χ4v) is 1.90. The molecule has 2 fully saturated rings. The molecule has 1 heterocycles. The lowest BCUT2D eigenvalue weighted by atomic mass is 9.92. The summed E-state index contributed by atoms with van der Waals surface area (Å²) in [6.07, 6.45) is 5.51. The average Bonchev–Trinajstić information content (AvgIpc) is 2.10. The minimum absolute atomic E-state index is 0.473. The van der Waals surface area contributed by atoms with Crippen molar-refractivity contribution in [1.82, 2.24) is 4.90 Å². The minimum atomic E-state index is 0.473. The summed E-state index contributed by atoms with van der Waals surface area (Å²) in [6, 6.07) is 1.38. The summed E-state index contributed by atoms with van der Waals surface area (Å²) in [5.41, 5.74) is 5.80. The van der Waals surface area contributed by atoms with Crippen LogP contribution >= 0.6 is 0 Å². The van der Waals surface area contributed by atoms with Gasteiger partial charge in [-0.15, -0.1) is 0 Å². The van der Waals surface area contributed by atoms with Crippen LogP contribution in [0.25, 0.3) is 0 Å². The van der Waals surface area contributed by atoms with Gasteiger partial charge in [0, 0.05) is 25.2 Å². The lowest BCUT2D eigenvalue weighted by Gasteiger charge is -2.34. The maximum absolute atomic E-state index is 5.80. The van der Waals surface area contributed by atoms with Gasteiger partial charge in [0.05, 0.1) is 0 Å². The molecule has 1 aliphatic heterocycles. The molecular formula is C8H16N2. The predicted molar refractivity (Wildman–Crippen MR) is 41.8 cm³/mol. The third kappa shape index (κ3) is 1.06. The van der Waals surface area contributed by atoms with Crippen LogP contribution in [-0.2, 0) is 0 Å². The average molecular weight is 140 g/mol. The van der Waals surface area contributed by atoms with E-state index < -0.39 is 0 Å². The molecule has 0 radical (unpaired) electrons. The van der Waals surface area contributed by atoms with E-state index in [2.05, 4.69) is 4.90 Å². The lowest BCUT2D eigenvalue weighted by molar-refractivity contribution is 0.157. The zero-order valence-electron chi connectivity index (χ0n) is 6.42. The summed E-state index contributed by atoms with van der Waals surface area (Å²) in [5.74, 6) is 0. The van der Waals surface area contributed by atoms with Crippen LogP contribution < -0.4 is 5.73 Å². The van der Waals surface area contributed by atoms with Gasteiger partial charge in [0.15, 0.2) is 0 Å². The first-order valence-corrected chi connectivity index (χ1v) is 4.36. The third-order valence-corrected chi connectivity index (χ3v) is 2.85. The first-order valence-electron chi connectivity index (χ1n) is 4.36. The molecule has 58 valence electrons. The topological polar surface area (TPSA) is 29.3 Å². The Kier molecular flexibility index (Phi) is 1.66. The highest BCUT2D eigenvalue weighted by atomic mass is 15.2. The van der Waals surface area contributed by atoms with Gasteiger partial charge in [-0.05, 0) is 19.3 Å². The Hall–Kier alpha value is -0.0800. The lowest BCUT2D eigenvalue weighted by Crippen LogP contribution is -2.39. The highest BCUT2D eigenvalue weighted by Crippen LogP contribution is 2.27. The van der Waals surface area contributed by atoms with Crippen LogP contribution in [-0.4, -0.2) is 30.1 Å². The van der Waals surface area contributed by atoms with Gasteiger partial charge < -0.3 is 5.73 Å². The maximum Gasteiger partial charge on any atom is 0.0180 e. The van der Waals surface area contributed by atoms with E-state index in [9.17, 15) is 0 Å². The Balaban J connectivity index is 1.82. The molecule has 2 rings (SSSR count). The summed E-state index contributed by atoms with van der Waals surface area (Å²) < 4.78 is 0. The summed E-state index contributed by atoms with van der Waals surface area (Å²) in [7, 11) is 0. The van der Waals surface area contributed by atoms with E-state index in [1.165, 1.54) is 32.2 Å². The molecule has 2 nitrogen and oxygen atoms in total. The van der Waals surface area contributed by atoms with Crippen molar-refractivity contribution in [2.75, 3.05) is 13.1 Å². The predicted octanol–water partition coefficient (Wildman–Crippen LogP) is 0.572. The number of hydrogen-bond acceptors (Lipinski definition) is 2. The summed E-state index contributed by atoms with van der Waals surface area (Å²) in [6.45, 7) is 2.41. The van der Waals surface area contributed by atoms with Gasteiger partial charge in [0.25, 0.3) is 0 Å². The summed E-state index contributed by atoms with van der Waals surface area (Å²) in [4.78, 5) is 2.56. The van der Waals surface area contributed by atoms with E-state index in [-0.39, 0.29) is 0 Å². The van der Waals surface area contributed by atoms with Crippen LogP contribution in [0.3, 0.4) is 0 Å². The van der Waals surface area contributed by atoms with E-state index in [0.29, 0.717) is 6.04 Å². The van der Waals surface area contributed by atoms with Crippen LogP contribution in [0.15, 0.2) is 0 Å². The molecule has 2 heteroatoms. The normalized spacial score (nSPS) is 36.3. The molecule has 0 aromatic rings. The van der Waals surface area contributed by atoms with E-state index in [0.717, 1.165) is 12.6 Å². The van der Waals surface area contributed by atoms with Gasteiger partial charge in [-0.1, -0.05) is 6.42 Å². The second kappa shape index (κ2) is 2.51. The molecule has 1 atom stereocenters. The number of nitrogens with zero attached hydrogens (tertiary/aromatic N) is 1. The zero-order valence-corrected chi connectivity index (χ0v) is 6.42. The first-order chi connectivity index (χ1) is 4.86. The first kappa shape index (κ1) is 6.62. The van der Waals surface area contributed by atoms with Gasteiger partial charge >= 0.3 is 0 Å². The zero-order chi connectivity index (χ0) is 6.97. The Labute approximate surface area is 62.4 Å². The third-order valence-electron chi connectivity index (χ3n) is 2.85. The quantitative estimate of drug-likeness (QED) is 0.577. The molecular weight excluding hydrogens is 124 g/mol. The molecule has 0 aromatic carbocycles. The van der Waals surface area contributed by atoms with Crippen molar-refractivity contribution < 1.29 is 0 Å². The Morgan fingerprint density at radius 3 is 2.40 bits per heavy atom. The highest BCUT2D eigenvalue weighted by Gasteiger charge is 2.29. The van der Waals surface area contributed by atoms with E-state index in [1.807, 2.05) is 0 Å². The highest BCUT2D eigenvalue weighted by molar-refractivity contribution is 4.87. The van der Waals surface area contributed by atoms with Crippen molar-refractivity contribution in [1.29, 1.82) is 0 Å². The van der Waals surface area contributed by atoms with Gasteiger partial charge in [0.2, 0.25) is 0 Å². The van der Waals surface area contributed by atoms with Gasteiger partial charge in [-0.3, -0.25) is 4.90 Å². The second-order valence-electron chi connectivity index (χ2n) is 3.63. The molecule has 0 aromatic heterocycles. The largest absolute Gasteiger partial charge is 0.326 e.